The van der Waals surface area contributed by atoms with Crippen LogP contribution in [0, 0.1) is 18.3 Å². The van der Waals surface area contributed by atoms with E-state index in [1.54, 1.807) is 0 Å². The van der Waals surface area contributed by atoms with E-state index in [0.29, 0.717) is 24.5 Å². The van der Waals surface area contributed by atoms with E-state index in [9.17, 15) is 10.2 Å². The van der Waals surface area contributed by atoms with E-state index in [4.69, 9.17) is 20.6 Å². The molecular weight excluding hydrogens is 676 g/mol. The van der Waals surface area contributed by atoms with Gasteiger partial charge in [-0.05, 0) is 106 Å². The smallest absolute Gasteiger partial charge is 0.147 e. The van der Waals surface area contributed by atoms with Crippen molar-refractivity contribution in [2.24, 2.45) is 5.92 Å². The van der Waals surface area contributed by atoms with Crippen molar-refractivity contribution < 1.29 is 24.4 Å². The maximum Gasteiger partial charge on any atom is 0.147 e. The van der Waals surface area contributed by atoms with Crippen LogP contribution < -0.4 is 9.47 Å². The molecule has 2 rings (SSSR count). The Morgan fingerprint density at radius 3 is 1.78 bits per heavy atom. The fourth-order valence-electron chi connectivity index (χ4n) is 2.70. The molecule has 0 heterocycles. The molecule has 0 saturated heterocycles. The van der Waals surface area contributed by atoms with Crippen molar-refractivity contribution in [2.45, 2.75) is 19.4 Å². The summed E-state index contributed by atoms with van der Waals surface area (Å²) >= 11 is 14.3. The van der Waals surface area contributed by atoms with Gasteiger partial charge in [0.2, 0.25) is 0 Å². The number of hydrogen-bond donors (Lipinski definition) is 2. The lowest BCUT2D eigenvalue weighted by atomic mass is 10.0. The molecule has 0 fully saturated rings. The van der Waals surface area contributed by atoms with Gasteiger partial charge < -0.3 is 24.4 Å². The summed E-state index contributed by atoms with van der Waals surface area (Å²) in [7, 11) is 0. The van der Waals surface area contributed by atoms with Crippen LogP contribution in [0.5, 0.6) is 11.5 Å². The highest BCUT2D eigenvalue weighted by molar-refractivity contribution is 9.11. The van der Waals surface area contributed by atoms with Crippen molar-refractivity contribution in [2.75, 3.05) is 33.0 Å². The van der Waals surface area contributed by atoms with Crippen molar-refractivity contribution in [3.63, 3.8) is 0 Å². The van der Waals surface area contributed by atoms with Gasteiger partial charge in [-0.2, -0.15) is 0 Å². The molecule has 32 heavy (non-hydrogen) atoms. The highest BCUT2D eigenvalue weighted by Crippen LogP contribution is 2.38. The number of aliphatic hydroxyl groups is 2. The molecule has 2 aromatic rings. The summed E-state index contributed by atoms with van der Waals surface area (Å²) < 4.78 is 19.9. The van der Waals surface area contributed by atoms with Crippen LogP contribution >= 0.6 is 63.7 Å². The lowest BCUT2D eigenvalue weighted by Crippen LogP contribution is -2.23. The Balaban J connectivity index is 2.06. The minimum atomic E-state index is -0.780. The number of aliphatic hydroxyl groups excluding tert-OH is 2. The van der Waals surface area contributed by atoms with Gasteiger partial charge in [-0.1, -0.05) is 12.8 Å². The summed E-state index contributed by atoms with van der Waals surface area (Å²) in [4.78, 5) is 0. The number of terminal acetylenes is 1. The Morgan fingerprint density at radius 2 is 1.34 bits per heavy atom. The van der Waals surface area contributed by atoms with E-state index < -0.39 is 6.10 Å². The monoisotopic (exact) mass is 696 g/mol. The van der Waals surface area contributed by atoms with Crippen molar-refractivity contribution >= 4 is 63.7 Å². The van der Waals surface area contributed by atoms with Crippen LogP contribution in [0.2, 0.25) is 0 Å². The van der Waals surface area contributed by atoms with Gasteiger partial charge in [-0.25, -0.2) is 0 Å². The lowest BCUT2D eigenvalue weighted by molar-refractivity contribution is 0.0225. The minimum Gasteiger partial charge on any atom is -0.491 e. The van der Waals surface area contributed by atoms with Gasteiger partial charge in [0.1, 0.15) is 30.8 Å². The van der Waals surface area contributed by atoms with Crippen LogP contribution in [0.4, 0.5) is 0 Å². The summed E-state index contributed by atoms with van der Waals surface area (Å²) in [5.41, 5.74) is 2.15. The third-order valence-electron chi connectivity index (χ3n) is 4.26. The molecule has 5 nitrogen and oxygen atoms in total. The Hall–Kier alpha value is -0.600. The molecule has 0 aromatic heterocycles. The van der Waals surface area contributed by atoms with E-state index in [0.717, 1.165) is 29.0 Å². The zero-order chi connectivity index (χ0) is 23.7. The van der Waals surface area contributed by atoms with Crippen LogP contribution in [-0.2, 0) is 11.2 Å². The van der Waals surface area contributed by atoms with Gasteiger partial charge in [0.05, 0.1) is 31.1 Å². The fourth-order valence-corrected chi connectivity index (χ4v) is 5.72. The quantitative estimate of drug-likeness (QED) is 0.219. The Kier molecular flexibility index (Phi) is 12.1. The maximum absolute atomic E-state index is 9.94. The summed E-state index contributed by atoms with van der Waals surface area (Å²) in [5, 5.41) is 19.1. The normalized spacial score (nSPS) is 12.8. The maximum atomic E-state index is 9.94. The molecule has 0 amide bonds. The van der Waals surface area contributed by atoms with E-state index in [2.05, 4.69) is 69.6 Å². The zero-order valence-electron chi connectivity index (χ0n) is 17.4. The molecule has 2 N–H and O–H groups in total. The summed E-state index contributed by atoms with van der Waals surface area (Å²) in [5.74, 6) is 3.73. The Bertz CT molecular complexity index is 898. The molecule has 0 aliphatic carbocycles. The zero-order valence-corrected chi connectivity index (χ0v) is 23.8. The van der Waals surface area contributed by atoms with E-state index in [1.807, 2.05) is 31.2 Å². The second kappa shape index (κ2) is 14.0. The molecule has 2 aromatic carbocycles. The first-order valence-corrected chi connectivity index (χ1v) is 12.9. The summed E-state index contributed by atoms with van der Waals surface area (Å²) in [6.07, 6.45) is 5.03. The van der Waals surface area contributed by atoms with Crippen LogP contribution in [0.25, 0.3) is 0 Å². The first kappa shape index (κ1) is 27.6. The minimum absolute atomic E-state index is 0.0560. The molecule has 2 unspecified atom stereocenters. The standard InChI is InChI=1S/C23H24Br4O5/c1-3-4-30-12-17(29)13-32-23-20(26)8-16(9-21(23)27)5-15-6-18(24)22(19(25)7-15)31-11-14(2)10-28/h1,6-9,14,17,28-29H,4-5,10-13H2,2H3. The van der Waals surface area contributed by atoms with Crippen LogP contribution in [0.15, 0.2) is 42.2 Å². The highest BCUT2D eigenvalue weighted by Gasteiger charge is 2.15. The number of rotatable bonds is 12. The van der Waals surface area contributed by atoms with Gasteiger partial charge >= 0.3 is 0 Å². The summed E-state index contributed by atoms with van der Waals surface area (Å²) in [6, 6.07) is 8.00. The van der Waals surface area contributed by atoms with E-state index >= 15 is 0 Å². The molecule has 0 aliphatic rings. The Labute approximate surface area is 222 Å². The average molecular weight is 700 g/mol. The van der Waals surface area contributed by atoms with Crippen molar-refractivity contribution in [3.8, 4) is 23.8 Å². The lowest BCUT2D eigenvalue weighted by Gasteiger charge is -2.16. The van der Waals surface area contributed by atoms with Crippen molar-refractivity contribution in [1.82, 2.24) is 0 Å². The predicted molar refractivity (Wildman–Crippen MR) is 139 cm³/mol. The number of benzene rings is 2. The van der Waals surface area contributed by atoms with E-state index in [1.165, 1.54) is 0 Å². The van der Waals surface area contributed by atoms with Crippen LogP contribution in [0.3, 0.4) is 0 Å². The molecule has 2 atom stereocenters. The number of halogens is 4. The molecule has 0 saturated carbocycles. The predicted octanol–water partition coefficient (Wildman–Crippen LogP) is 5.72. The molecule has 0 spiro atoms. The molecule has 9 heteroatoms. The van der Waals surface area contributed by atoms with Gasteiger partial charge in [0.15, 0.2) is 0 Å². The first-order chi connectivity index (χ1) is 15.2. The van der Waals surface area contributed by atoms with Crippen molar-refractivity contribution in [3.05, 3.63) is 53.3 Å². The molecule has 0 aliphatic heterocycles. The fraction of sp³-hybridized carbons (Fsp3) is 0.391. The largest absolute Gasteiger partial charge is 0.491 e. The third kappa shape index (κ3) is 8.64. The van der Waals surface area contributed by atoms with Crippen molar-refractivity contribution in [1.29, 1.82) is 0 Å². The van der Waals surface area contributed by atoms with Crippen LogP contribution in [-0.4, -0.2) is 49.4 Å². The second-order valence-corrected chi connectivity index (χ2v) is 10.7. The van der Waals surface area contributed by atoms with Gasteiger partial charge in [-0.15, -0.1) is 6.42 Å². The molecule has 174 valence electrons. The van der Waals surface area contributed by atoms with Gasteiger partial charge in [0.25, 0.3) is 0 Å². The second-order valence-electron chi connectivity index (χ2n) is 7.24. The first-order valence-electron chi connectivity index (χ1n) is 9.76. The molecular formula is C23H24Br4O5. The number of hydrogen-bond acceptors (Lipinski definition) is 5. The molecule has 0 radical (unpaired) electrons. The topological polar surface area (TPSA) is 68.2 Å². The summed E-state index contributed by atoms with van der Waals surface area (Å²) in [6.45, 7) is 2.78. The SMILES string of the molecule is C#CCOCC(O)COc1c(Br)cc(Cc2cc(Br)c(OCC(C)CO)c(Br)c2)cc1Br. The van der Waals surface area contributed by atoms with Crippen LogP contribution in [0.1, 0.15) is 18.1 Å². The third-order valence-corrected chi connectivity index (χ3v) is 6.62. The highest BCUT2D eigenvalue weighted by atomic mass is 79.9. The van der Waals surface area contributed by atoms with E-state index in [-0.39, 0.29) is 32.3 Å². The van der Waals surface area contributed by atoms with Gasteiger partial charge in [-0.3, -0.25) is 0 Å². The number of ether oxygens (including phenoxy) is 3. The van der Waals surface area contributed by atoms with Gasteiger partial charge in [0, 0.05) is 12.5 Å². The molecule has 0 bridgehead atoms. The average Bonchev–Trinajstić information content (AvgIpc) is 2.72. The Morgan fingerprint density at radius 1 is 0.875 bits per heavy atom.